The Morgan fingerprint density at radius 3 is 2.45 bits per heavy atom. The van der Waals surface area contributed by atoms with E-state index in [0.29, 0.717) is 59.6 Å². The molecule has 0 aliphatic carbocycles. The number of nitrogens with zero attached hydrogens (tertiary/aromatic N) is 9. The van der Waals surface area contributed by atoms with E-state index in [9.17, 15) is 14.4 Å². The normalized spacial score (nSPS) is 18.0. The molecule has 10 nitrogen and oxygen atoms in total. The largest absolute Gasteiger partial charge is 0.368 e. The van der Waals surface area contributed by atoms with Crippen molar-refractivity contribution in [3.63, 3.8) is 0 Å². The molecule has 13 heteroatoms. The van der Waals surface area contributed by atoms with Gasteiger partial charge in [0.05, 0.1) is 28.8 Å². The van der Waals surface area contributed by atoms with Gasteiger partial charge in [-0.3, -0.25) is 0 Å². The molecule has 0 radical (unpaired) electrons. The maximum atomic E-state index is 15.5. The molecule has 1 aromatic carbocycles. The highest BCUT2D eigenvalue weighted by atomic mass is 32.1. The highest BCUT2D eigenvalue weighted by Crippen LogP contribution is 2.44. The van der Waals surface area contributed by atoms with Crippen LogP contribution in [0.4, 0.5) is 30.1 Å². The molecule has 0 bridgehead atoms. The number of fused-ring (bicyclic) bond motifs is 1. The zero-order chi connectivity index (χ0) is 30.7. The van der Waals surface area contributed by atoms with Crippen LogP contribution in [0.2, 0.25) is 0 Å². The molecule has 44 heavy (non-hydrogen) atoms. The highest BCUT2D eigenvalue weighted by Gasteiger charge is 2.54. The Morgan fingerprint density at radius 2 is 1.80 bits per heavy atom. The van der Waals surface area contributed by atoms with E-state index in [2.05, 4.69) is 23.1 Å². The molecule has 0 saturated carbocycles. The first-order chi connectivity index (χ1) is 21.2. The molecule has 3 aromatic heterocycles. The van der Waals surface area contributed by atoms with Gasteiger partial charge in [-0.05, 0) is 43.8 Å². The summed E-state index contributed by atoms with van der Waals surface area (Å²) in [5.41, 5.74) is 3.96. The lowest BCUT2D eigenvalue weighted by Gasteiger charge is -2.61. The van der Waals surface area contributed by atoms with Crippen molar-refractivity contribution in [3.05, 3.63) is 58.7 Å². The van der Waals surface area contributed by atoms with Gasteiger partial charge in [0.25, 0.3) is 0 Å². The number of aromatic nitrogens is 3. The van der Waals surface area contributed by atoms with Crippen molar-refractivity contribution < 1.29 is 13.6 Å². The fourth-order valence-electron chi connectivity index (χ4n) is 6.60. The Balaban J connectivity index is 1.12. The summed E-state index contributed by atoms with van der Waals surface area (Å²) in [4.78, 5) is 28.2. The number of pyridine rings is 1. The number of piperazine rings is 1. The van der Waals surface area contributed by atoms with Gasteiger partial charge in [-0.1, -0.05) is 18.3 Å². The summed E-state index contributed by atoms with van der Waals surface area (Å²) < 4.78 is 30.6. The van der Waals surface area contributed by atoms with Gasteiger partial charge in [-0.25, -0.2) is 23.1 Å². The quantitative estimate of drug-likeness (QED) is 0.328. The third-order valence-electron chi connectivity index (χ3n) is 9.03. The molecule has 3 aliphatic rings. The number of anilines is 3. The Kier molecular flexibility index (Phi) is 6.93. The number of likely N-dealkylation sites (N-methyl/N-ethyl adjacent to an activating group) is 1. The Labute approximate surface area is 258 Å². The molecular formula is C31H33F2N9OS. The van der Waals surface area contributed by atoms with Crippen molar-refractivity contribution in [2.45, 2.75) is 13.3 Å². The van der Waals surface area contributed by atoms with Crippen molar-refractivity contribution in [1.29, 1.82) is 5.26 Å². The predicted octanol–water partition coefficient (Wildman–Crippen LogP) is 4.43. The molecule has 3 fully saturated rings. The average molecular weight is 618 g/mol. The summed E-state index contributed by atoms with van der Waals surface area (Å²) in [6.07, 6.45) is 2.03. The number of carbonyl (C=O) groups is 1. The van der Waals surface area contributed by atoms with Gasteiger partial charge in [0, 0.05) is 70.4 Å². The Hall–Kier alpha value is -4.28. The molecule has 3 aliphatic heterocycles. The first kappa shape index (κ1) is 28.5. The van der Waals surface area contributed by atoms with Crippen molar-refractivity contribution in [3.8, 4) is 17.3 Å². The number of aryl methyl sites for hydroxylation is 1. The van der Waals surface area contributed by atoms with Gasteiger partial charge in [-0.2, -0.15) is 10.4 Å². The number of rotatable bonds is 5. The monoisotopic (exact) mass is 617 g/mol. The van der Waals surface area contributed by atoms with E-state index in [4.69, 9.17) is 4.98 Å². The van der Waals surface area contributed by atoms with Crippen LogP contribution in [0.15, 0.2) is 36.5 Å². The minimum Gasteiger partial charge on any atom is -0.368 e. The maximum absolute atomic E-state index is 15.5. The van der Waals surface area contributed by atoms with Gasteiger partial charge in [0.2, 0.25) is 0 Å². The second-order valence-electron chi connectivity index (χ2n) is 12.1. The minimum absolute atomic E-state index is 0.000584. The number of urea groups is 1. The zero-order valence-electron chi connectivity index (χ0n) is 24.9. The molecule has 4 aromatic rings. The Morgan fingerprint density at radius 1 is 1.09 bits per heavy atom. The van der Waals surface area contributed by atoms with Gasteiger partial charge in [0.15, 0.2) is 10.9 Å². The molecule has 7 rings (SSSR count). The summed E-state index contributed by atoms with van der Waals surface area (Å²) >= 11 is 1.25. The molecule has 0 N–H and O–H groups in total. The number of likely N-dealkylation sites (tertiary alicyclic amines) is 1. The van der Waals surface area contributed by atoms with E-state index in [1.165, 1.54) is 29.7 Å². The Bertz CT molecular complexity index is 1770. The van der Waals surface area contributed by atoms with Crippen LogP contribution in [0.25, 0.3) is 16.8 Å². The number of benzene rings is 1. The third kappa shape index (κ3) is 4.73. The van der Waals surface area contributed by atoms with Crippen molar-refractivity contribution in [2.75, 3.05) is 76.3 Å². The van der Waals surface area contributed by atoms with E-state index in [1.54, 1.807) is 16.6 Å². The van der Waals surface area contributed by atoms with E-state index in [-0.39, 0.29) is 23.1 Å². The first-order valence-corrected chi connectivity index (χ1v) is 15.6. The number of halogens is 2. The second-order valence-corrected chi connectivity index (χ2v) is 13.1. The fraction of sp³-hybridized carbons (Fsp3) is 0.419. The molecule has 228 valence electrons. The van der Waals surface area contributed by atoms with Crippen LogP contribution in [0, 0.1) is 28.4 Å². The van der Waals surface area contributed by atoms with Crippen molar-refractivity contribution in [1.82, 2.24) is 29.3 Å². The summed E-state index contributed by atoms with van der Waals surface area (Å²) in [5, 5.41) is 15.1. The third-order valence-corrected chi connectivity index (χ3v) is 10.1. The predicted molar refractivity (Wildman–Crippen MR) is 165 cm³/mol. The number of nitriles is 1. The summed E-state index contributed by atoms with van der Waals surface area (Å²) in [5.74, 6) is -0.709. The number of amides is 2. The van der Waals surface area contributed by atoms with Crippen LogP contribution in [0.5, 0.6) is 0 Å². The number of carbonyl (C=O) groups excluding carboxylic acids is 1. The van der Waals surface area contributed by atoms with Crippen LogP contribution in [-0.2, 0) is 6.42 Å². The molecule has 0 atom stereocenters. The average Bonchev–Trinajstić information content (AvgIpc) is 3.57. The highest BCUT2D eigenvalue weighted by molar-refractivity contribution is 7.16. The second kappa shape index (κ2) is 10.7. The smallest absolute Gasteiger partial charge is 0.320 e. The van der Waals surface area contributed by atoms with Crippen molar-refractivity contribution in [2.24, 2.45) is 5.41 Å². The summed E-state index contributed by atoms with van der Waals surface area (Å²) in [6, 6.07) is 10.1. The number of hydrogen-bond acceptors (Lipinski definition) is 8. The van der Waals surface area contributed by atoms with Crippen LogP contribution < -0.4 is 9.80 Å². The molecule has 6 heterocycles. The fourth-order valence-corrected chi connectivity index (χ4v) is 7.45. The van der Waals surface area contributed by atoms with Gasteiger partial charge in [-0.15, -0.1) is 0 Å². The SMILES string of the molecule is CCc1nn2cc(F)c(N3CC4(CN(C(=O)N5CCN(C)CC5)C4)C3)cc2c1N(C)c1nc(-c2ccc(F)cc2)c(C#N)s1. The lowest BCUT2D eigenvalue weighted by atomic mass is 9.72. The maximum Gasteiger partial charge on any atom is 0.320 e. The minimum atomic E-state index is -0.358. The lowest BCUT2D eigenvalue weighted by molar-refractivity contribution is -0.00782. The van der Waals surface area contributed by atoms with Crippen molar-refractivity contribution >= 4 is 39.4 Å². The van der Waals surface area contributed by atoms with Gasteiger partial charge in [0.1, 0.15) is 22.5 Å². The first-order valence-electron chi connectivity index (χ1n) is 14.8. The van der Waals surface area contributed by atoms with E-state index in [1.807, 2.05) is 39.6 Å². The van der Waals surface area contributed by atoms with E-state index >= 15 is 4.39 Å². The van der Waals surface area contributed by atoms with Gasteiger partial charge >= 0.3 is 6.03 Å². The zero-order valence-corrected chi connectivity index (χ0v) is 25.7. The lowest BCUT2D eigenvalue weighted by Crippen LogP contribution is -2.74. The van der Waals surface area contributed by atoms with Crippen LogP contribution in [0.3, 0.4) is 0 Å². The molecule has 2 amide bonds. The molecule has 0 unspecified atom stereocenters. The number of hydrogen-bond donors (Lipinski definition) is 0. The van der Waals surface area contributed by atoms with E-state index < -0.39 is 0 Å². The van der Waals surface area contributed by atoms with Crippen LogP contribution in [0.1, 0.15) is 17.5 Å². The molecule has 3 saturated heterocycles. The summed E-state index contributed by atoms with van der Waals surface area (Å²) in [6.45, 7) is 8.05. The standard InChI is InChI=1S/C31H33F2N9OS/c1-4-23-28(38(3)29-35-27(26(14-34)44-29)20-5-7-21(32)8-6-20)25-13-24(22(33)15-42(25)36-23)40-16-31(17-40)18-41(19-31)30(43)39-11-9-37(2)10-12-39/h5-8,13,15H,4,9-12,16-19H2,1-3H3. The summed E-state index contributed by atoms with van der Waals surface area (Å²) in [7, 11) is 3.94. The molecular weight excluding hydrogens is 584 g/mol. The number of thiazole rings is 1. The van der Waals surface area contributed by atoms with E-state index in [0.717, 1.165) is 43.1 Å². The van der Waals surface area contributed by atoms with Crippen LogP contribution in [-0.4, -0.2) is 102 Å². The van der Waals surface area contributed by atoms with Crippen LogP contribution >= 0.6 is 11.3 Å². The molecule has 1 spiro atoms. The van der Waals surface area contributed by atoms with Gasteiger partial charge < -0.3 is 24.5 Å². The topological polar surface area (TPSA) is 87.2 Å².